The predicted molar refractivity (Wildman–Crippen MR) is 78.2 cm³/mol. The van der Waals surface area contributed by atoms with Crippen LogP contribution < -0.4 is 10.1 Å². The first-order valence-corrected chi connectivity index (χ1v) is 6.89. The molecule has 2 heteroatoms. The van der Waals surface area contributed by atoms with E-state index in [0.29, 0.717) is 17.9 Å². The van der Waals surface area contributed by atoms with Gasteiger partial charge in [0.05, 0.1) is 7.11 Å². The third kappa shape index (κ3) is 4.69. The molecule has 1 rings (SSSR count). The lowest BCUT2D eigenvalue weighted by molar-refractivity contribution is 0.341. The molecule has 102 valence electrons. The number of methoxy groups -OCH3 is 1. The van der Waals surface area contributed by atoms with Gasteiger partial charge in [0.15, 0.2) is 0 Å². The van der Waals surface area contributed by atoms with E-state index in [0.717, 1.165) is 18.7 Å². The minimum absolute atomic E-state index is 0.545. The molecule has 1 aromatic carbocycles. The van der Waals surface area contributed by atoms with Gasteiger partial charge in [0.1, 0.15) is 5.75 Å². The van der Waals surface area contributed by atoms with Crippen molar-refractivity contribution in [2.75, 3.05) is 13.7 Å². The summed E-state index contributed by atoms with van der Waals surface area (Å²) in [6.07, 6.45) is 1.07. The lowest BCUT2D eigenvalue weighted by atomic mass is 9.88. The summed E-state index contributed by atoms with van der Waals surface area (Å²) in [4.78, 5) is 0. The first-order chi connectivity index (χ1) is 8.54. The van der Waals surface area contributed by atoms with Crippen LogP contribution in [0.15, 0.2) is 24.3 Å². The SMILES string of the molecule is COc1ccccc1CC(CNC(C)C)C(C)C. The maximum Gasteiger partial charge on any atom is 0.122 e. The van der Waals surface area contributed by atoms with Crippen LogP contribution in [0.5, 0.6) is 5.75 Å². The zero-order chi connectivity index (χ0) is 13.5. The molecule has 1 N–H and O–H groups in total. The van der Waals surface area contributed by atoms with Crippen molar-refractivity contribution < 1.29 is 4.74 Å². The van der Waals surface area contributed by atoms with E-state index in [9.17, 15) is 0 Å². The molecular weight excluding hydrogens is 222 g/mol. The molecule has 0 saturated heterocycles. The Morgan fingerprint density at radius 2 is 1.78 bits per heavy atom. The van der Waals surface area contributed by atoms with Crippen LogP contribution in [0.3, 0.4) is 0 Å². The van der Waals surface area contributed by atoms with Crippen molar-refractivity contribution in [2.24, 2.45) is 11.8 Å². The van der Waals surface area contributed by atoms with Gasteiger partial charge in [-0.2, -0.15) is 0 Å². The van der Waals surface area contributed by atoms with Crippen LogP contribution in [0.25, 0.3) is 0 Å². The molecule has 0 fully saturated rings. The fourth-order valence-electron chi connectivity index (χ4n) is 2.08. The van der Waals surface area contributed by atoms with E-state index in [2.05, 4.69) is 45.1 Å². The van der Waals surface area contributed by atoms with Crippen molar-refractivity contribution >= 4 is 0 Å². The number of nitrogens with one attached hydrogen (secondary N) is 1. The summed E-state index contributed by atoms with van der Waals surface area (Å²) in [5.74, 6) is 2.32. The molecule has 1 unspecified atom stereocenters. The molecular formula is C16H27NO. The van der Waals surface area contributed by atoms with Crippen LogP contribution in [-0.2, 0) is 6.42 Å². The highest BCUT2D eigenvalue weighted by Crippen LogP contribution is 2.24. The molecule has 0 aliphatic rings. The van der Waals surface area contributed by atoms with Crippen LogP contribution in [0, 0.1) is 11.8 Å². The van der Waals surface area contributed by atoms with E-state index in [-0.39, 0.29) is 0 Å². The van der Waals surface area contributed by atoms with Gasteiger partial charge in [-0.15, -0.1) is 0 Å². The van der Waals surface area contributed by atoms with Crippen LogP contribution >= 0.6 is 0 Å². The minimum atomic E-state index is 0.545. The Balaban J connectivity index is 2.70. The molecule has 0 heterocycles. The first-order valence-electron chi connectivity index (χ1n) is 6.89. The van der Waals surface area contributed by atoms with Gasteiger partial charge in [0, 0.05) is 6.04 Å². The summed E-state index contributed by atoms with van der Waals surface area (Å²) in [6, 6.07) is 8.88. The van der Waals surface area contributed by atoms with Crippen LogP contribution in [0.4, 0.5) is 0 Å². The average Bonchev–Trinajstić information content (AvgIpc) is 2.34. The van der Waals surface area contributed by atoms with Gasteiger partial charge >= 0.3 is 0 Å². The van der Waals surface area contributed by atoms with E-state index in [1.807, 2.05) is 12.1 Å². The van der Waals surface area contributed by atoms with Crippen molar-refractivity contribution in [2.45, 2.75) is 40.2 Å². The summed E-state index contributed by atoms with van der Waals surface area (Å²) in [6.45, 7) is 10.0. The highest BCUT2D eigenvalue weighted by atomic mass is 16.5. The lowest BCUT2D eigenvalue weighted by Crippen LogP contribution is -2.32. The van der Waals surface area contributed by atoms with Gasteiger partial charge in [-0.25, -0.2) is 0 Å². The number of benzene rings is 1. The Hall–Kier alpha value is -1.02. The topological polar surface area (TPSA) is 21.3 Å². The maximum absolute atomic E-state index is 5.43. The summed E-state index contributed by atoms with van der Waals surface area (Å²) >= 11 is 0. The molecule has 1 aromatic rings. The van der Waals surface area contributed by atoms with E-state index < -0.39 is 0 Å². The summed E-state index contributed by atoms with van der Waals surface area (Å²) < 4.78 is 5.43. The highest BCUT2D eigenvalue weighted by Gasteiger charge is 2.16. The van der Waals surface area contributed by atoms with Gasteiger partial charge < -0.3 is 10.1 Å². The number of rotatable bonds is 7. The summed E-state index contributed by atoms with van der Waals surface area (Å²) in [5, 5.41) is 3.54. The van der Waals surface area contributed by atoms with Crippen molar-refractivity contribution in [3.05, 3.63) is 29.8 Å². The maximum atomic E-state index is 5.43. The molecule has 0 aromatic heterocycles. The van der Waals surface area contributed by atoms with Crippen LogP contribution in [0.2, 0.25) is 0 Å². The van der Waals surface area contributed by atoms with E-state index in [1.165, 1.54) is 5.56 Å². The second-order valence-electron chi connectivity index (χ2n) is 5.58. The molecule has 18 heavy (non-hydrogen) atoms. The molecule has 0 aliphatic carbocycles. The standard InChI is InChI=1S/C16H27NO/c1-12(2)15(11-17-13(3)4)10-14-8-6-7-9-16(14)18-5/h6-9,12-13,15,17H,10-11H2,1-5H3. The van der Waals surface area contributed by atoms with Crippen molar-refractivity contribution in [3.8, 4) is 5.75 Å². The third-order valence-corrected chi connectivity index (χ3v) is 3.41. The monoisotopic (exact) mass is 249 g/mol. The summed E-state index contributed by atoms with van der Waals surface area (Å²) in [7, 11) is 1.75. The zero-order valence-electron chi connectivity index (χ0n) is 12.4. The lowest BCUT2D eigenvalue weighted by Gasteiger charge is -2.23. The predicted octanol–water partition coefficient (Wildman–Crippen LogP) is 3.51. The van der Waals surface area contributed by atoms with E-state index in [4.69, 9.17) is 4.74 Å². The number of ether oxygens (including phenoxy) is 1. The summed E-state index contributed by atoms with van der Waals surface area (Å²) in [5.41, 5.74) is 1.31. The number of para-hydroxylation sites is 1. The number of hydrogen-bond acceptors (Lipinski definition) is 2. The fraction of sp³-hybridized carbons (Fsp3) is 0.625. The normalized spacial score (nSPS) is 13.1. The quantitative estimate of drug-likeness (QED) is 0.798. The molecule has 2 nitrogen and oxygen atoms in total. The van der Waals surface area contributed by atoms with Gasteiger partial charge in [0.2, 0.25) is 0 Å². The second-order valence-corrected chi connectivity index (χ2v) is 5.58. The molecule has 0 spiro atoms. The van der Waals surface area contributed by atoms with Crippen LogP contribution in [0.1, 0.15) is 33.3 Å². The van der Waals surface area contributed by atoms with Gasteiger partial charge in [-0.1, -0.05) is 45.9 Å². The Labute approximate surface area is 112 Å². The largest absolute Gasteiger partial charge is 0.496 e. The highest BCUT2D eigenvalue weighted by molar-refractivity contribution is 5.33. The van der Waals surface area contributed by atoms with Gasteiger partial charge in [-0.3, -0.25) is 0 Å². The molecule has 0 bridgehead atoms. The molecule has 0 aliphatic heterocycles. The molecule has 0 saturated carbocycles. The fourth-order valence-corrected chi connectivity index (χ4v) is 2.08. The first kappa shape index (κ1) is 15.0. The Bertz CT molecular complexity index is 347. The van der Waals surface area contributed by atoms with Crippen molar-refractivity contribution in [3.63, 3.8) is 0 Å². The van der Waals surface area contributed by atoms with E-state index >= 15 is 0 Å². The second kappa shape index (κ2) is 7.42. The van der Waals surface area contributed by atoms with E-state index in [1.54, 1.807) is 7.11 Å². The van der Waals surface area contributed by atoms with Crippen molar-refractivity contribution in [1.82, 2.24) is 5.32 Å². The molecule has 0 radical (unpaired) electrons. The number of hydrogen-bond donors (Lipinski definition) is 1. The minimum Gasteiger partial charge on any atom is -0.496 e. The Kier molecular flexibility index (Phi) is 6.20. The average molecular weight is 249 g/mol. The van der Waals surface area contributed by atoms with Gasteiger partial charge in [0.25, 0.3) is 0 Å². The Morgan fingerprint density at radius 3 is 2.33 bits per heavy atom. The van der Waals surface area contributed by atoms with Crippen molar-refractivity contribution in [1.29, 1.82) is 0 Å². The smallest absolute Gasteiger partial charge is 0.122 e. The molecule has 1 atom stereocenters. The molecule has 0 amide bonds. The Morgan fingerprint density at radius 1 is 1.11 bits per heavy atom. The van der Waals surface area contributed by atoms with Crippen LogP contribution in [-0.4, -0.2) is 19.7 Å². The van der Waals surface area contributed by atoms with Gasteiger partial charge in [-0.05, 0) is 36.4 Å². The zero-order valence-corrected chi connectivity index (χ0v) is 12.4. The third-order valence-electron chi connectivity index (χ3n) is 3.41.